The Morgan fingerprint density at radius 3 is 2.24 bits per heavy atom. The van der Waals surface area contributed by atoms with E-state index < -0.39 is 32.7 Å². The number of esters is 1. The maximum Gasteiger partial charge on any atom is 0.410 e. The van der Waals surface area contributed by atoms with Gasteiger partial charge in [-0.3, -0.25) is 9.62 Å². The third-order valence-electron chi connectivity index (χ3n) is 6.16. The van der Waals surface area contributed by atoms with E-state index >= 15 is 0 Å². The Balaban J connectivity index is 1.52. The van der Waals surface area contributed by atoms with E-state index in [1.54, 1.807) is 17.0 Å². The van der Waals surface area contributed by atoms with Gasteiger partial charge in [-0.2, -0.15) is 0 Å². The molecule has 0 spiro atoms. The summed E-state index contributed by atoms with van der Waals surface area (Å²) in [5, 5.41) is -0.915. The minimum absolute atomic E-state index is 0.0595. The number of hydrogen-bond acceptors (Lipinski definition) is 7. The highest BCUT2D eigenvalue weighted by Gasteiger charge is 2.26. The largest absolute Gasteiger partial charge is 0.465 e. The number of carbonyl (C=O) groups excluding carboxylic acids is 2. The Morgan fingerprint density at radius 1 is 1.05 bits per heavy atom. The number of nitrogens with zero attached hydrogens (tertiary/aromatic N) is 2. The quantitative estimate of drug-likeness (QED) is 0.496. The van der Waals surface area contributed by atoms with Crippen LogP contribution in [0.2, 0.25) is 0 Å². The van der Waals surface area contributed by atoms with Crippen molar-refractivity contribution in [2.45, 2.75) is 51.5 Å². The van der Waals surface area contributed by atoms with E-state index in [0.29, 0.717) is 38.4 Å². The highest BCUT2D eigenvalue weighted by molar-refractivity contribution is 7.93. The molecular formula is C27H36FN3O6S. The molecule has 1 fully saturated rings. The van der Waals surface area contributed by atoms with E-state index in [1.807, 2.05) is 32.9 Å². The van der Waals surface area contributed by atoms with Gasteiger partial charge in [0.1, 0.15) is 11.4 Å². The Bertz CT molecular complexity index is 1240. The maximum absolute atomic E-state index is 14.4. The van der Waals surface area contributed by atoms with Crippen LogP contribution in [-0.2, 0) is 32.5 Å². The third-order valence-corrected chi connectivity index (χ3v) is 7.90. The van der Waals surface area contributed by atoms with Gasteiger partial charge in [-0.25, -0.2) is 22.4 Å². The number of sulfonamides is 1. The van der Waals surface area contributed by atoms with Crippen molar-refractivity contribution in [3.05, 3.63) is 65.0 Å². The number of anilines is 1. The van der Waals surface area contributed by atoms with Crippen LogP contribution in [0.1, 0.15) is 49.2 Å². The second-order valence-electron chi connectivity index (χ2n) is 10.4. The molecule has 9 nitrogen and oxygen atoms in total. The molecule has 208 valence electrons. The van der Waals surface area contributed by atoms with Crippen LogP contribution in [0.4, 0.5) is 14.9 Å². The van der Waals surface area contributed by atoms with Gasteiger partial charge in [0.05, 0.1) is 17.9 Å². The fourth-order valence-electron chi connectivity index (χ4n) is 3.99. The summed E-state index contributed by atoms with van der Waals surface area (Å²) in [5.74, 6) is -1.32. The number of rotatable bonds is 8. The van der Waals surface area contributed by atoms with Crippen LogP contribution >= 0.6 is 0 Å². The van der Waals surface area contributed by atoms with Gasteiger partial charge in [0.15, 0.2) is 0 Å². The normalized spacial score (nSPS) is 15.6. The zero-order valence-corrected chi connectivity index (χ0v) is 23.3. The molecule has 2 aromatic carbocycles. The van der Waals surface area contributed by atoms with Crippen LogP contribution in [-0.4, -0.2) is 74.4 Å². The molecule has 11 heteroatoms. The lowest BCUT2D eigenvalue weighted by atomic mass is 10.1. The fraction of sp³-hybridized carbons (Fsp3) is 0.481. The first kappa shape index (κ1) is 29.4. The zero-order valence-electron chi connectivity index (χ0n) is 22.5. The highest BCUT2D eigenvalue weighted by Crippen LogP contribution is 2.20. The minimum atomic E-state index is -3.79. The molecule has 0 aliphatic carbocycles. The molecule has 1 atom stereocenters. The van der Waals surface area contributed by atoms with Crippen molar-refractivity contribution in [3.63, 3.8) is 0 Å². The van der Waals surface area contributed by atoms with Crippen molar-refractivity contribution in [2.24, 2.45) is 0 Å². The highest BCUT2D eigenvalue weighted by atomic mass is 32.2. The van der Waals surface area contributed by atoms with Crippen molar-refractivity contribution < 1.29 is 31.9 Å². The van der Waals surface area contributed by atoms with Crippen molar-refractivity contribution in [1.29, 1.82) is 0 Å². The fourth-order valence-corrected chi connectivity index (χ4v) is 5.06. The van der Waals surface area contributed by atoms with Crippen LogP contribution in [0.15, 0.2) is 42.5 Å². The van der Waals surface area contributed by atoms with E-state index in [-0.39, 0.29) is 23.6 Å². The van der Waals surface area contributed by atoms with E-state index in [0.717, 1.165) is 11.6 Å². The van der Waals surface area contributed by atoms with Crippen LogP contribution in [0.3, 0.4) is 0 Å². The number of methoxy groups -OCH3 is 1. The topological polar surface area (TPSA) is 105 Å². The number of piperazine rings is 1. The molecule has 1 aliphatic heterocycles. The Hall–Kier alpha value is -3.18. The molecule has 0 bridgehead atoms. The first-order valence-electron chi connectivity index (χ1n) is 12.4. The molecule has 1 aliphatic rings. The summed E-state index contributed by atoms with van der Waals surface area (Å²) in [6.07, 6.45) is -0.361. The third kappa shape index (κ3) is 8.16. The second-order valence-corrected chi connectivity index (χ2v) is 12.5. The van der Waals surface area contributed by atoms with Crippen LogP contribution in [0.5, 0.6) is 0 Å². The molecule has 0 aromatic heterocycles. The van der Waals surface area contributed by atoms with Crippen LogP contribution < -0.4 is 4.72 Å². The summed E-state index contributed by atoms with van der Waals surface area (Å²) in [4.78, 5) is 27.7. The second kappa shape index (κ2) is 12.1. The Kier molecular flexibility index (Phi) is 9.37. The van der Waals surface area contributed by atoms with E-state index in [9.17, 15) is 22.4 Å². The summed E-state index contributed by atoms with van der Waals surface area (Å²) in [6, 6.07) is 11.0. The number of ether oxygens (including phenoxy) is 2. The molecule has 0 radical (unpaired) electrons. The summed E-state index contributed by atoms with van der Waals surface area (Å²) in [5.41, 5.74) is 1.16. The van der Waals surface area contributed by atoms with Crippen LogP contribution in [0, 0.1) is 5.82 Å². The molecular weight excluding hydrogens is 513 g/mol. The molecule has 1 amide bonds. The predicted octanol–water partition coefficient (Wildman–Crippen LogP) is 4.04. The van der Waals surface area contributed by atoms with Gasteiger partial charge in [0.25, 0.3) is 0 Å². The van der Waals surface area contributed by atoms with E-state index in [2.05, 4.69) is 14.4 Å². The molecule has 1 N–H and O–H groups in total. The van der Waals surface area contributed by atoms with Gasteiger partial charge in [-0.1, -0.05) is 18.2 Å². The van der Waals surface area contributed by atoms with Gasteiger partial charge in [-0.15, -0.1) is 0 Å². The number of benzene rings is 2. The average molecular weight is 550 g/mol. The van der Waals surface area contributed by atoms with Crippen molar-refractivity contribution in [3.8, 4) is 0 Å². The maximum atomic E-state index is 14.4. The lowest BCUT2D eigenvalue weighted by Crippen LogP contribution is -2.49. The molecule has 3 rings (SSSR count). The van der Waals surface area contributed by atoms with Gasteiger partial charge >= 0.3 is 12.1 Å². The molecule has 1 saturated heterocycles. The molecule has 1 unspecified atom stereocenters. The molecule has 1 heterocycles. The van der Waals surface area contributed by atoms with Crippen molar-refractivity contribution in [2.75, 3.05) is 38.0 Å². The van der Waals surface area contributed by atoms with E-state index in [1.165, 1.54) is 26.2 Å². The van der Waals surface area contributed by atoms with Crippen molar-refractivity contribution >= 4 is 27.8 Å². The lowest BCUT2D eigenvalue weighted by Gasteiger charge is -2.35. The first-order chi connectivity index (χ1) is 17.8. The van der Waals surface area contributed by atoms with Gasteiger partial charge < -0.3 is 14.4 Å². The number of halogens is 1. The Labute approximate surface area is 224 Å². The smallest absolute Gasteiger partial charge is 0.410 e. The lowest BCUT2D eigenvalue weighted by molar-refractivity contribution is 0.0139. The van der Waals surface area contributed by atoms with Crippen molar-refractivity contribution in [1.82, 2.24) is 9.80 Å². The predicted molar refractivity (Wildman–Crippen MR) is 143 cm³/mol. The van der Waals surface area contributed by atoms with Gasteiger partial charge in [0.2, 0.25) is 10.0 Å². The van der Waals surface area contributed by atoms with Gasteiger partial charge in [-0.05, 0) is 69.5 Å². The molecule has 0 saturated carbocycles. The number of nitrogens with one attached hydrogen (secondary N) is 1. The van der Waals surface area contributed by atoms with Gasteiger partial charge in [0, 0.05) is 38.4 Å². The SMILES string of the molecule is COC(=O)c1ccc(CC(C)S(=O)(=O)Nc2ccc(CN3CCN(C(=O)OC(C)(C)C)CC3)cc2)c(F)c1. The summed E-state index contributed by atoms with van der Waals surface area (Å²) in [7, 11) is -2.59. The number of amides is 1. The molecule has 2 aromatic rings. The van der Waals surface area contributed by atoms with E-state index in [4.69, 9.17) is 4.74 Å². The molecule has 38 heavy (non-hydrogen) atoms. The van der Waals surface area contributed by atoms with Crippen LogP contribution in [0.25, 0.3) is 0 Å². The first-order valence-corrected chi connectivity index (χ1v) is 14.0. The summed E-state index contributed by atoms with van der Waals surface area (Å²) in [6.45, 7) is 10.3. The number of carbonyl (C=O) groups is 2. The standard InChI is InChI=1S/C27H36FN3O6S/c1-19(16-21-8-9-22(17-24(21)28)25(32)36-5)38(34,35)29-23-10-6-20(7-11-23)18-30-12-14-31(15-13-30)26(33)37-27(2,3)4/h6-11,17,19,29H,12-16,18H2,1-5H3. The summed E-state index contributed by atoms with van der Waals surface area (Å²) >= 11 is 0. The minimum Gasteiger partial charge on any atom is -0.465 e. The Morgan fingerprint density at radius 2 is 1.68 bits per heavy atom. The summed E-state index contributed by atoms with van der Waals surface area (Å²) < 4.78 is 52.7. The number of hydrogen-bond donors (Lipinski definition) is 1. The monoisotopic (exact) mass is 549 g/mol. The average Bonchev–Trinajstić information content (AvgIpc) is 2.85. The zero-order chi connectivity index (χ0) is 28.1.